The van der Waals surface area contributed by atoms with E-state index >= 15 is 0 Å². The Kier molecular flexibility index (Phi) is 4.68. The molecule has 0 spiro atoms. The Hall–Kier alpha value is -2.66. The molecule has 0 saturated heterocycles. The summed E-state index contributed by atoms with van der Waals surface area (Å²) in [5.74, 6) is 1.26. The van der Waals surface area contributed by atoms with Crippen LogP contribution in [0.1, 0.15) is 11.1 Å². The Labute approximate surface area is 139 Å². The zero-order valence-electron chi connectivity index (χ0n) is 12.6. The highest BCUT2D eigenvalue weighted by atomic mass is 35.5. The van der Waals surface area contributed by atoms with Gasteiger partial charge < -0.3 is 10.6 Å². The summed E-state index contributed by atoms with van der Waals surface area (Å²) in [7, 11) is 0. The van der Waals surface area contributed by atoms with Crippen LogP contribution in [0.4, 0.5) is 17.5 Å². The fourth-order valence-electron chi connectivity index (χ4n) is 2.06. The molecular formula is C17H16ClN5. The van der Waals surface area contributed by atoms with E-state index in [1.165, 1.54) is 0 Å². The normalized spacial score (nSPS) is 10.3. The second-order valence-electron chi connectivity index (χ2n) is 5.06. The minimum atomic E-state index is 0.520. The van der Waals surface area contributed by atoms with Gasteiger partial charge in [0.15, 0.2) is 0 Å². The molecule has 23 heavy (non-hydrogen) atoms. The van der Waals surface area contributed by atoms with Gasteiger partial charge in [0, 0.05) is 35.8 Å². The lowest BCUT2D eigenvalue weighted by atomic mass is 10.2. The van der Waals surface area contributed by atoms with E-state index < -0.39 is 0 Å². The highest BCUT2D eigenvalue weighted by Gasteiger charge is 2.04. The van der Waals surface area contributed by atoms with Crippen LogP contribution in [0.2, 0.25) is 5.02 Å². The average molecular weight is 326 g/mol. The van der Waals surface area contributed by atoms with Crippen LogP contribution < -0.4 is 10.6 Å². The monoisotopic (exact) mass is 325 g/mol. The predicted octanol–water partition coefficient (Wildman–Crippen LogP) is 4.19. The van der Waals surface area contributed by atoms with Gasteiger partial charge in [0.25, 0.3) is 0 Å². The van der Waals surface area contributed by atoms with Gasteiger partial charge in [-0.3, -0.25) is 4.98 Å². The molecule has 0 saturated carbocycles. The van der Waals surface area contributed by atoms with Gasteiger partial charge in [-0.05, 0) is 42.3 Å². The summed E-state index contributed by atoms with van der Waals surface area (Å²) in [6, 6.07) is 11.4. The largest absolute Gasteiger partial charge is 0.366 e. The minimum absolute atomic E-state index is 0.520. The van der Waals surface area contributed by atoms with Crippen LogP contribution in [0.5, 0.6) is 0 Å². The van der Waals surface area contributed by atoms with Crippen molar-refractivity contribution in [1.29, 1.82) is 0 Å². The molecule has 3 rings (SSSR count). The fraction of sp³-hybridized carbons (Fsp3) is 0.118. The molecule has 5 nitrogen and oxygen atoms in total. The fourth-order valence-corrected chi connectivity index (χ4v) is 2.23. The maximum Gasteiger partial charge on any atom is 0.229 e. The number of benzene rings is 1. The highest BCUT2D eigenvalue weighted by molar-refractivity contribution is 6.30. The zero-order chi connectivity index (χ0) is 16.1. The SMILES string of the molecule is Cc1ccc(Cl)cc1Nc1nccc(NCc2cccnc2)n1. The standard InChI is InChI=1S/C17H16ClN5/c1-12-4-5-14(18)9-15(12)22-17-20-8-6-16(23-17)21-11-13-3-2-7-19-10-13/h2-10H,11H2,1H3,(H2,20,21,22,23). The highest BCUT2D eigenvalue weighted by Crippen LogP contribution is 2.23. The van der Waals surface area contributed by atoms with Crippen molar-refractivity contribution in [2.24, 2.45) is 0 Å². The van der Waals surface area contributed by atoms with Crippen molar-refractivity contribution in [1.82, 2.24) is 15.0 Å². The van der Waals surface area contributed by atoms with E-state index in [1.54, 1.807) is 12.4 Å². The van der Waals surface area contributed by atoms with Gasteiger partial charge in [-0.2, -0.15) is 4.98 Å². The topological polar surface area (TPSA) is 62.7 Å². The van der Waals surface area contributed by atoms with Crippen LogP contribution in [0.3, 0.4) is 0 Å². The Morgan fingerprint density at radius 2 is 2.04 bits per heavy atom. The summed E-state index contributed by atoms with van der Waals surface area (Å²) in [6.45, 7) is 2.66. The summed E-state index contributed by atoms with van der Waals surface area (Å²) in [5.41, 5.74) is 3.06. The van der Waals surface area contributed by atoms with Crippen molar-refractivity contribution < 1.29 is 0 Å². The Balaban J connectivity index is 1.71. The molecule has 1 aromatic carbocycles. The van der Waals surface area contributed by atoms with Gasteiger partial charge in [0.2, 0.25) is 5.95 Å². The van der Waals surface area contributed by atoms with E-state index in [0.717, 1.165) is 22.6 Å². The average Bonchev–Trinajstić information content (AvgIpc) is 2.58. The molecule has 6 heteroatoms. The summed E-state index contributed by atoms with van der Waals surface area (Å²) < 4.78 is 0. The number of aryl methyl sites for hydroxylation is 1. The lowest BCUT2D eigenvalue weighted by molar-refractivity contribution is 1.07. The number of nitrogens with zero attached hydrogens (tertiary/aromatic N) is 3. The first-order chi connectivity index (χ1) is 11.2. The zero-order valence-corrected chi connectivity index (χ0v) is 13.4. The number of rotatable bonds is 5. The number of hydrogen-bond donors (Lipinski definition) is 2. The molecule has 0 fully saturated rings. The molecule has 0 atom stereocenters. The summed E-state index contributed by atoms with van der Waals surface area (Å²) in [6.07, 6.45) is 5.28. The van der Waals surface area contributed by atoms with Gasteiger partial charge in [0.05, 0.1) is 0 Å². The third-order valence-electron chi connectivity index (χ3n) is 3.30. The summed E-state index contributed by atoms with van der Waals surface area (Å²) in [5, 5.41) is 7.12. The molecule has 116 valence electrons. The van der Waals surface area contributed by atoms with Crippen LogP contribution in [0.25, 0.3) is 0 Å². The quantitative estimate of drug-likeness (QED) is 0.736. The molecule has 3 aromatic rings. The minimum Gasteiger partial charge on any atom is -0.366 e. The second-order valence-corrected chi connectivity index (χ2v) is 5.50. The number of nitrogens with one attached hydrogen (secondary N) is 2. The van der Waals surface area contributed by atoms with Gasteiger partial charge in [-0.25, -0.2) is 4.98 Å². The number of anilines is 3. The van der Waals surface area contributed by atoms with Gasteiger partial charge >= 0.3 is 0 Å². The molecule has 0 unspecified atom stereocenters. The molecule has 0 amide bonds. The third kappa shape index (κ3) is 4.17. The molecule has 0 aliphatic rings. The summed E-state index contributed by atoms with van der Waals surface area (Å²) in [4.78, 5) is 12.8. The van der Waals surface area contributed by atoms with Crippen LogP contribution in [0, 0.1) is 6.92 Å². The lowest BCUT2D eigenvalue weighted by Gasteiger charge is -2.10. The lowest BCUT2D eigenvalue weighted by Crippen LogP contribution is -2.04. The smallest absolute Gasteiger partial charge is 0.229 e. The second kappa shape index (κ2) is 7.07. The van der Waals surface area contributed by atoms with E-state index in [2.05, 4.69) is 25.6 Å². The van der Waals surface area contributed by atoms with E-state index in [1.807, 2.05) is 49.5 Å². The molecule has 0 aliphatic heterocycles. The Morgan fingerprint density at radius 1 is 1.13 bits per heavy atom. The van der Waals surface area contributed by atoms with Crippen molar-refractivity contribution in [3.63, 3.8) is 0 Å². The van der Waals surface area contributed by atoms with Crippen LogP contribution >= 0.6 is 11.6 Å². The molecule has 2 N–H and O–H groups in total. The van der Waals surface area contributed by atoms with Crippen molar-refractivity contribution in [3.8, 4) is 0 Å². The first-order valence-corrected chi connectivity index (χ1v) is 7.57. The number of hydrogen-bond acceptors (Lipinski definition) is 5. The van der Waals surface area contributed by atoms with Crippen LogP contribution in [0.15, 0.2) is 55.0 Å². The van der Waals surface area contributed by atoms with E-state index in [4.69, 9.17) is 11.6 Å². The number of pyridine rings is 1. The molecule has 0 radical (unpaired) electrons. The van der Waals surface area contributed by atoms with Gasteiger partial charge in [-0.15, -0.1) is 0 Å². The molecule has 0 bridgehead atoms. The number of aromatic nitrogens is 3. The molecular weight excluding hydrogens is 310 g/mol. The van der Waals surface area contributed by atoms with Crippen LogP contribution in [-0.4, -0.2) is 15.0 Å². The first kappa shape index (κ1) is 15.2. The first-order valence-electron chi connectivity index (χ1n) is 7.20. The summed E-state index contributed by atoms with van der Waals surface area (Å²) >= 11 is 6.03. The maximum absolute atomic E-state index is 6.03. The third-order valence-corrected chi connectivity index (χ3v) is 3.53. The number of halogens is 1. The van der Waals surface area contributed by atoms with E-state index in [0.29, 0.717) is 17.5 Å². The Bertz CT molecular complexity index is 792. The van der Waals surface area contributed by atoms with E-state index in [9.17, 15) is 0 Å². The predicted molar refractivity (Wildman–Crippen MR) is 93.1 cm³/mol. The van der Waals surface area contributed by atoms with E-state index in [-0.39, 0.29) is 0 Å². The maximum atomic E-state index is 6.03. The van der Waals surface area contributed by atoms with Gasteiger partial charge in [-0.1, -0.05) is 23.7 Å². The van der Waals surface area contributed by atoms with Crippen molar-refractivity contribution in [2.75, 3.05) is 10.6 Å². The van der Waals surface area contributed by atoms with Crippen molar-refractivity contribution >= 4 is 29.1 Å². The van der Waals surface area contributed by atoms with Gasteiger partial charge in [0.1, 0.15) is 5.82 Å². The van der Waals surface area contributed by atoms with Crippen molar-refractivity contribution in [2.45, 2.75) is 13.5 Å². The molecule has 2 heterocycles. The van der Waals surface area contributed by atoms with Crippen molar-refractivity contribution in [3.05, 3.63) is 71.1 Å². The van der Waals surface area contributed by atoms with Crippen LogP contribution in [-0.2, 0) is 6.54 Å². The Morgan fingerprint density at radius 3 is 2.87 bits per heavy atom. The molecule has 2 aromatic heterocycles. The molecule has 0 aliphatic carbocycles.